The third kappa shape index (κ3) is 2.34. The Hall–Kier alpha value is -1.49. The molecule has 19 heavy (non-hydrogen) atoms. The molecular formula is C14H17F3N2. The molecule has 0 radical (unpaired) electrons. The van der Waals surface area contributed by atoms with Crippen molar-refractivity contribution in [2.45, 2.75) is 39.0 Å². The molecule has 0 amide bonds. The molecule has 1 unspecified atom stereocenters. The Morgan fingerprint density at radius 2 is 1.79 bits per heavy atom. The summed E-state index contributed by atoms with van der Waals surface area (Å²) in [6.45, 7) is 5.57. The van der Waals surface area contributed by atoms with E-state index in [1.54, 1.807) is 19.2 Å². The Balaban J connectivity index is 2.87. The lowest BCUT2D eigenvalue weighted by Crippen LogP contribution is -2.09. The maximum atomic E-state index is 13.1. The maximum Gasteiger partial charge on any atom is 0.417 e. The SMILES string of the molecule is CC(N)c1cn(C(C)C)c2cccc(C(F)(F)F)c12. The number of nitrogens with two attached hydrogens (primary N) is 1. The first-order chi connectivity index (χ1) is 8.73. The molecule has 2 aromatic rings. The van der Waals surface area contributed by atoms with Gasteiger partial charge in [-0.15, -0.1) is 0 Å². The highest BCUT2D eigenvalue weighted by Crippen LogP contribution is 2.39. The van der Waals surface area contributed by atoms with Crippen LogP contribution in [-0.4, -0.2) is 4.57 Å². The molecule has 0 saturated carbocycles. The van der Waals surface area contributed by atoms with E-state index >= 15 is 0 Å². The van der Waals surface area contributed by atoms with Crippen LogP contribution >= 0.6 is 0 Å². The molecule has 5 heteroatoms. The van der Waals surface area contributed by atoms with Crippen LogP contribution in [0, 0.1) is 0 Å². The lowest BCUT2D eigenvalue weighted by molar-refractivity contribution is -0.136. The molecule has 0 fully saturated rings. The molecule has 0 aliphatic heterocycles. The van der Waals surface area contributed by atoms with Crippen LogP contribution in [0.2, 0.25) is 0 Å². The highest BCUT2D eigenvalue weighted by Gasteiger charge is 2.34. The number of alkyl halides is 3. The molecule has 0 bridgehead atoms. The zero-order chi connectivity index (χ0) is 14.4. The zero-order valence-electron chi connectivity index (χ0n) is 11.1. The number of hydrogen-bond acceptors (Lipinski definition) is 1. The highest BCUT2D eigenvalue weighted by molar-refractivity contribution is 5.88. The Labute approximate surface area is 110 Å². The number of fused-ring (bicyclic) bond motifs is 1. The molecule has 104 valence electrons. The monoisotopic (exact) mass is 270 g/mol. The van der Waals surface area contributed by atoms with Gasteiger partial charge in [0.15, 0.2) is 0 Å². The minimum atomic E-state index is -4.37. The highest BCUT2D eigenvalue weighted by atomic mass is 19.4. The van der Waals surface area contributed by atoms with Crippen molar-refractivity contribution < 1.29 is 13.2 Å². The smallest absolute Gasteiger partial charge is 0.345 e. The number of rotatable bonds is 2. The van der Waals surface area contributed by atoms with Crippen LogP contribution in [0.15, 0.2) is 24.4 Å². The number of hydrogen-bond donors (Lipinski definition) is 1. The van der Waals surface area contributed by atoms with Gasteiger partial charge in [-0.25, -0.2) is 0 Å². The van der Waals surface area contributed by atoms with E-state index in [9.17, 15) is 13.2 Å². The van der Waals surface area contributed by atoms with Crippen LogP contribution in [-0.2, 0) is 6.18 Å². The fourth-order valence-corrected chi connectivity index (χ4v) is 2.35. The Kier molecular flexibility index (Phi) is 3.34. The van der Waals surface area contributed by atoms with Gasteiger partial charge in [0.2, 0.25) is 0 Å². The standard InChI is InChI=1S/C14H17F3N2/c1-8(2)19-7-10(9(3)18)13-11(14(15,16)17)5-4-6-12(13)19/h4-9H,18H2,1-3H3. The molecule has 1 atom stereocenters. The summed E-state index contributed by atoms with van der Waals surface area (Å²) in [4.78, 5) is 0. The fraction of sp³-hybridized carbons (Fsp3) is 0.429. The van der Waals surface area contributed by atoms with Gasteiger partial charge in [0.05, 0.1) is 5.56 Å². The lowest BCUT2D eigenvalue weighted by atomic mass is 10.0. The van der Waals surface area contributed by atoms with Crippen molar-refractivity contribution in [1.29, 1.82) is 0 Å². The van der Waals surface area contributed by atoms with Crippen molar-refractivity contribution in [3.8, 4) is 0 Å². The van der Waals surface area contributed by atoms with Crippen LogP contribution in [0.4, 0.5) is 13.2 Å². The third-order valence-corrected chi connectivity index (χ3v) is 3.24. The van der Waals surface area contributed by atoms with E-state index in [1.165, 1.54) is 6.07 Å². The zero-order valence-corrected chi connectivity index (χ0v) is 11.1. The molecule has 0 spiro atoms. The van der Waals surface area contributed by atoms with Gasteiger partial charge in [0.25, 0.3) is 0 Å². The summed E-state index contributed by atoms with van der Waals surface area (Å²) in [5.41, 5.74) is 6.33. The average Bonchev–Trinajstić information content (AvgIpc) is 2.66. The van der Waals surface area contributed by atoms with E-state index in [1.807, 2.05) is 18.4 Å². The number of aromatic nitrogens is 1. The summed E-state index contributed by atoms with van der Waals surface area (Å²) < 4.78 is 41.2. The summed E-state index contributed by atoms with van der Waals surface area (Å²) in [6, 6.07) is 3.90. The maximum absolute atomic E-state index is 13.1. The Morgan fingerprint density at radius 1 is 1.16 bits per heavy atom. The molecule has 1 heterocycles. The summed E-state index contributed by atoms with van der Waals surface area (Å²) in [7, 11) is 0. The van der Waals surface area contributed by atoms with Crippen molar-refractivity contribution in [2.24, 2.45) is 5.73 Å². The lowest BCUT2D eigenvalue weighted by Gasteiger charge is -2.12. The van der Waals surface area contributed by atoms with E-state index in [-0.39, 0.29) is 11.4 Å². The van der Waals surface area contributed by atoms with Gasteiger partial charge in [0.1, 0.15) is 0 Å². The topological polar surface area (TPSA) is 30.9 Å². The molecule has 0 saturated heterocycles. The van der Waals surface area contributed by atoms with Crippen molar-refractivity contribution in [2.75, 3.05) is 0 Å². The Bertz CT molecular complexity index is 594. The van der Waals surface area contributed by atoms with Gasteiger partial charge < -0.3 is 10.3 Å². The predicted molar refractivity (Wildman–Crippen MR) is 69.9 cm³/mol. The molecular weight excluding hydrogens is 253 g/mol. The molecule has 2 nitrogen and oxygen atoms in total. The van der Waals surface area contributed by atoms with E-state index in [2.05, 4.69) is 0 Å². The van der Waals surface area contributed by atoms with Crippen molar-refractivity contribution in [3.05, 3.63) is 35.5 Å². The van der Waals surface area contributed by atoms with E-state index < -0.39 is 17.8 Å². The molecule has 0 aliphatic rings. The predicted octanol–water partition coefficient (Wildman–Crippen LogP) is 4.26. The van der Waals surface area contributed by atoms with Crippen LogP contribution in [0.5, 0.6) is 0 Å². The molecule has 0 aliphatic carbocycles. The van der Waals surface area contributed by atoms with Gasteiger partial charge >= 0.3 is 6.18 Å². The summed E-state index contributed by atoms with van der Waals surface area (Å²) in [6.07, 6.45) is -2.64. The van der Waals surface area contributed by atoms with Crippen LogP contribution in [0.1, 0.15) is 44.0 Å². The third-order valence-electron chi connectivity index (χ3n) is 3.24. The molecule has 2 N–H and O–H groups in total. The first-order valence-electron chi connectivity index (χ1n) is 6.19. The number of halogens is 3. The van der Waals surface area contributed by atoms with Crippen molar-refractivity contribution in [3.63, 3.8) is 0 Å². The van der Waals surface area contributed by atoms with E-state index in [4.69, 9.17) is 5.73 Å². The second-order valence-corrected chi connectivity index (χ2v) is 5.07. The number of benzene rings is 1. The van der Waals surface area contributed by atoms with Crippen molar-refractivity contribution in [1.82, 2.24) is 4.57 Å². The minimum absolute atomic E-state index is 0.0819. The van der Waals surface area contributed by atoms with E-state index in [0.29, 0.717) is 11.1 Å². The van der Waals surface area contributed by atoms with Gasteiger partial charge in [-0.05, 0) is 38.5 Å². The van der Waals surface area contributed by atoms with E-state index in [0.717, 1.165) is 6.07 Å². The first kappa shape index (κ1) is 13.9. The normalized spacial score (nSPS) is 14.3. The summed E-state index contributed by atoms with van der Waals surface area (Å²) in [5.74, 6) is 0. The van der Waals surface area contributed by atoms with Crippen LogP contribution in [0.25, 0.3) is 10.9 Å². The molecule has 1 aromatic carbocycles. The minimum Gasteiger partial charge on any atom is -0.345 e. The quantitative estimate of drug-likeness (QED) is 0.868. The van der Waals surface area contributed by atoms with Gasteiger partial charge in [-0.2, -0.15) is 13.2 Å². The van der Waals surface area contributed by atoms with Crippen LogP contribution in [0.3, 0.4) is 0 Å². The molecule has 1 aromatic heterocycles. The fourth-order valence-electron chi connectivity index (χ4n) is 2.35. The Morgan fingerprint density at radius 3 is 2.26 bits per heavy atom. The largest absolute Gasteiger partial charge is 0.417 e. The van der Waals surface area contributed by atoms with Gasteiger partial charge in [0, 0.05) is 29.2 Å². The number of nitrogens with zero attached hydrogens (tertiary/aromatic N) is 1. The first-order valence-corrected chi connectivity index (χ1v) is 6.19. The average molecular weight is 270 g/mol. The van der Waals surface area contributed by atoms with Gasteiger partial charge in [-0.3, -0.25) is 0 Å². The summed E-state index contributed by atoms with van der Waals surface area (Å²) >= 11 is 0. The van der Waals surface area contributed by atoms with Gasteiger partial charge in [-0.1, -0.05) is 6.07 Å². The van der Waals surface area contributed by atoms with Crippen molar-refractivity contribution >= 4 is 10.9 Å². The van der Waals surface area contributed by atoms with Crippen LogP contribution < -0.4 is 5.73 Å². The summed E-state index contributed by atoms with van der Waals surface area (Å²) in [5, 5.41) is 0.221. The second-order valence-electron chi connectivity index (χ2n) is 5.07. The molecule has 2 rings (SSSR count). The second kappa shape index (κ2) is 4.56.